The number of unbranched alkanes of at least 4 members (excludes halogenated alkanes) is 2. The molecule has 0 fully saturated rings. The molecule has 2 amide bonds. The minimum Gasteiger partial charge on any atom is -0.497 e. The normalized spacial score (nSPS) is 10.2. The number of methoxy groups -OCH3 is 1. The van der Waals surface area contributed by atoms with Gasteiger partial charge >= 0.3 is 6.03 Å². The van der Waals surface area contributed by atoms with Gasteiger partial charge in [0.15, 0.2) is 0 Å². The van der Waals surface area contributed by atoms with Crippen LogP contribution in [0.3, 0.4) is 0 Å². The number of urea groups is 1. The summed E-state index contributed by atoms with van der Waals surface area (Å²) in [7, 11) is 1.65. The predicted molar refractivity (Wildman–Crippen MR) is 86.6 cm³/mol. The summed E-state index contributed by atoms with van der Waals surface area (Å²) in [5.74, 6) is 0.815. The van der Waals surface area contributed by atoms with E-state index in [1.807, 2.05) is 29.2 Å². The van der Waals surface area contributed by atoms with Gasteiger partial charge in [-0.3, -0.25) is 0 Å². The molecule has 0 radical (unpaired) electrons. The molecule has 0 bridgehead atoms. The fourth-order valence-corrected chi connectivity index (χ4v) is 2.08. The smallest absolute Gasteiger partial charge is 0.317 e. The maximum atomic E-state index is 12.3. The number of carbonyl (C=O) groups excluding carboxylic acids is 1. The van der Waals surface area contributed by atoms with Gasteiger partial charge in [-0.05, 0) is 30.5 Å². The lowest BCUT2D eigenvalue weighted by atomic mass is 10.2. The molecule has 1 aromatic carbocycles. The van der Waals surface area contributed by atoms with Crippen LogP contribution in [0, 0.1) is 0 Å². The number of carbonyl (C=O) groups is 1. The highest BCUT2D eigenvalue weighted by Crippen LogP contribution is 2.12. The summed E-state index contributed by atoms with van der Waals surface area (Å²) in [4.78, 5) is 14.2. The topological polar surface area (TPSA) is 41.6 Å². The number of nitrogens with zero attached hydrogens (tertiary/aromatic N) is 1. The first kappa shape index (κ1) is 17.3. The van der Waals surface area contributed by atoms with Gasteiger partial charge in [-0.15, -0.1) is 0 Å². The standard InChI is InChI=1S/C17H28N2O2/c1-4-6-11-19(12-7-5-2)17(20)18-14-15-9-8-10-16(13-15)21-3/h8-10,13H,4-7,11-12,14H2,1-3H3,(H,18,20). The average Bonchev–Trinajstić information content (AvgIpc) is 2.53. The second kappa shape index (κ2) is 10.1. The van der Waals surface area contributed by atoms with Gasteiger partial charge in [-0.25, -0.2) is 4.79 Å². The van der Waals surface area contributed by atoms with E-state index in [4.69, 9.17) is 4.74 Å². The number of hydrogen-bond donors (Lipinski definition) is 1. The minimum atomic E-state index is 0.0275. The van der Waals surface area contributed by atoms with Crippen LogP contribution in [-0.2, 0) is 6.54 Å². The SMILES string of the molecule is CCCCN(CCCC)C(=O)NCc1cccc(OC)c1. The molecule has 1 aromatic rings. The third kappa shape index (κ3) is 6.52. The molecular weight excluding hydrogens is 264 g/mol. The van der Waals surface area contributed by atoms with Crippen molar-refractivity contribution in [2.75, 3.05) is 20.2 Å². The molecule has 1 rings (SSSR count). The zero-order valence-corrected chi connectivity index (χ0v) is 13.5. The average molecular weight is 292 g/mol. The van der Waals surface area contributed by atoms with Crippen LogP contribution in [0.5, 0.6) is 5.75 Å². The lowest BCUT2D eigenvalue weighted by Crippen LogP contribution is -2.40. The van der Waals surface area contributed by atoms with Gasteiger partial charge in [0.2, 0.25) is 0 Å². The molecule has 118 valence electrons. The van der Waals surface area contributed by atoms with E-state index >= 15 is 0 Å². The van der Waals surface area contributed by atoms with E-state index < -0.39 is 0 Å². The van der Waals surface area contributed by atoms with Crippen LogP contribution in [0.4, 0.5) is 4.79 Å². The van der Waals surface area contributed by atoms with Crippen molar-refractivity contribution in [3.05, 3.63) is 29.8 Å². The Labute approximate surface area is 128 Å². The second-order valence-electron chi connectivity index (χ2n) is 5.20. The Morgan fingerprint density at radius 3 is 2.43 bits per heavy atom. The van der Waals surface area contributed by atoms with Gasteiger partial charge in [0.1, 0.15) is 5.75 Å². The van der Waals surface area contributed by atoms with Crippen LogP contribution in [0.25, 0.3) is 0 Å². The van der Waals surface area contributed by atoms with E-state index in [0.717, 1.165) is 50.1 Å². The molecule has 0 aliphatic heterocycles. The Morgan fingerprint density at radius 1 is 1.19 bits per heavy atom. The van der Waals surface area contributed by atoms with Crippen molar-refractivity contribution in [3.8, 4) is 5.75 Å². The van der Waals surface area contributed by atoms with E-state index in [2.05, 4.69) is 19.2 Å². The molecule has 0 aromatic heterocycles. The summed E-state index contributed by atoms with van der Waals surface area (Å²) in [6.07, 6.45) is 4.31. The molecule has 0 saturated carbocycles. The Morgan fingerprint density at radius 2 is 1.86 bits per heavy atom. The summed E-state index contributed by atoms with van der Waals surface area (Å²) >= 11 is 0. The molecule has 0 saturated heterocycles. The van der Waals surface area contributed by atoms with Crippen molar-refractivity contribution < 1.29 is 9.53 Å². The van der Waals surface area contributed by atoms with Gasteiger partial charge in [0.05, 0.1) is 7.11 Å². The summed E-state index contributed by atoms with van der Waals surface area (Å²) in [6.45, 7) is 6.49. The van der Waals surface area contributed by atoms with Crippen molar-refractivity contribution in [1.82, 2.24) is 10.2 Å². The molecule has 0 heterocycles. The molecule has 0 atom stereocenters. The zero-order chi connectivity index (χ0) is 15.5. The molecular formula is C17H28N2O2. The Bertz CT molecular complexity index is 413. The first-order valence-electron chi connectivity index (χ1n) is 7.87. The highest BCUT2D eigenvalue weighted by Gasteiger charge is 2.11. The van der Waals surface area contributed by atoms with Gasteiger partial charge in [0, 0.05) is 19.6 Å². The molecule has 4 heteroatoms. The lowest BCUT2D eigenvalue weighted by Gasteiger charge is -2.23. The van der Waals surface area contributed by atoms with Crippen LogP contribution in [-0.4, -0.2) is 31.1 Å². The third-order valence-electron chi connectivity index (χ3n) is 3.43. The molecule has 0 aliphatic rings. The van der Waals surface area contributed by atoms with Crippen molar-refractivity contribution >= 4 is 6.03 Å². The Hall–Kier alpha value is -1.71. The number of amides is 2. The van der Waals surface area contributed by atoms with Crippen LogP contribution in [0.15, 0.2) is 24.3 Å². The van der Waals surface area contributed by atoms with E-state index in [-0.39, 0.29) is 6.03 Å². The largest absolute Gasteiger partial charge is 0.497 e. The highest BCUT2D eigenvalue weighted by molar-refractivity contribution is 5.74. The van der Waals surface area contributed by atoms with Gasteiger partial charge in [0.25, 0.3) is 0 Å². The second-order valence-corrected chi connectivity index (χ2v) is 5.20. The fraction of sp³-hybridized carbons (Fsp3) is 0.588. The summed E-state index contributed by atoms with van der Waals surface area (Å²) in [6, 6.07) is 7.81. The first-order valence-corrected chi connectivity index (χ1v) is 7.87. The van der Waals surface area contributed by atoms with Crippen molar-refractivity contribution in [1.29, 1.82) is 0 Å². The molecule has 0 aliphatic carbocycles. The minimum absolute atomic E-state index is 0.0275. The number of rotatable bonds is 9. The maximum Gasteiger partial charge on any atom is 0.317 e. The van der Waals surface area contributed by atoms with Crippen LogP contribution < -0.4 is 10.1 Å². The monoisotopic (exact) mass is 292 g/mol. The maximum absolute atomic E-state index is 12.3. The van der Waals surface area contributed by atoms with Crippen LogP contribution >= 0.6 is 0 Å². The summed E-state index contributed by atoms with van der Waals surface area (Å²) in [5, 5.41) is 3.00. The molecule has 0 unspecified atom stereocenters. The quantitative estimate of drug-likeness (QED) is 0.752. The fourth-order valence-electron chi connectivity index (χ4n) is 2.08. The third-order valence-corrected chi connectivity index (χ3v) is 3.43. The molecule has 0 spiro atoms. The van der Waals surface area contributed by atoms with E-state index in [1.165, 1.54) is 0 Å². The van der Waals surface area contributed by atoms with Gasteiger partial charge in [-0.2, -0.15) is 0 Å². The number of benzene rings is 1. The summed E-state index contributed by atoms with van der Waals surface area (Å²) in [5.41, 5.74) is 1.05. The predicted octanol–water partition coefficient (Wildman–Crippen LogP) is 3.81. The molecule has 4 nitrogen and oxygen atoms in total. The van der Waals surface area contributed by atoms with Crippen molar-refractivity contribution in [3.63, 3.8) is 0 Å². The lowest BCUT2D eigenvalue weighted by molar-refractivity contribution is 0.195. The number of ether oxygens (including phenoxy) is 1. The Kier molecular flexibility index (Phi) is 8.32. The van der Waals surface area contributed by atoms with Crippen molar-refractivity contribution in [2.24, 2.45) is 0 Å². The van der Waals surface area contributed by atoms with Crippen molar-refractivity contribution in [2.45, 2.75) is 46.1 Å². The van der Waals surface area contributed by atoms with Gasteiger partial charge in [-0.1, -0.05) is 38.8 Å². The van der Waals surface area contributed by atoms with Crippen LogP contribution in [0.1, 0.15) is 45.1 Å². The Balaban J connectivity index is 2.50. The molecule has 21 heavy (non-hydrogen) atoms. The molecule has 1 N–H and O–H groups in total. The van der Waals surface area contributed by atoms with Crippen LogP contribution in [0.2, 0.25) is 0 Å². The van der Waals surface area contributed by atoms with E-state index in [0.29, 0.717) is 6.54 Å². The number of hydrogen-bond acceptors (Lipinski definition) is 2. The van der Waals surface area contributed by atoms with E-state index in [9.17, 15) is 4.79 Å². The van der Waals surface area contributed by atoms with Gasteiger partial charge < -0.3 is 15.0 Å². The first-order chi connectivity index (χ1) is 10.2. The summed E-state index contributed by atoms with van der Waals surface area (Å²) < 4.78 is 5.19. The van der Waals surface area contributed by atoms with E-state index in [1.54, 1.807) is 7.11 Å². The highest BCUT2D eigenvalue weighted by atomic mass is 16.5. The zero-order valence-electron chi connectivity index (χ0n) is 13.5. The number of nitrogens with one attached hydrogen (secondary N) is 1.